The monoisotopic (exact) mass is 300 g/mol. The van der Waals surface area contributed by atoms with Crippen LogP contribution >= 0.6 is 0 Å². The van der Waals surface area contributed by atoms with Gasteiger partial charge in [-0.3, -0.25) is 0 Å². The van der Waals surface area contributed by atoms with Crippen molar-refractivity contribution in [3.8, 4) is 0 Å². The lowest BCUT2D eigenvalue weighted by Crippen LogP contribution is -2.70. The number of hydrogen-bond acceptors (Lipinski definition) is 3. The molecule has 2 amide bonds. The van der Waals surface area contributed by atoms with Gasteiger partial charge in [0.15, 0.2) is 0 Å². The number of carbonyl (C=O) groups excluding carboxylic acids is 1. The van der Waals surface area contributed by atoms with Crippen LogP contribution in [0.1, 0.15) is 53.4 Å². The van der Waals surface area contributed by atoms with E-state index in [1.165, 1.54) is 0 Å². The largest absolute Gasteiger partial charge is 0.396 e. The fourth-order valence-corrected chi connectivity index (χ4v) is 3.97. The van der Waals surface area contributed by atoms with Crippen LogP contribution in [0.2, 0.25) is 0 Å². The summed E-state index contributed by atoms with van der Waals surface area (Å²) in [5.74, 6) is 0.327. The van der Waals surface area contributed by atoms with E-state index in [1.54, 1.807) is 7.11 Å². The molecule has 4 unspecified atom stereocenters. The second-order valence-corrected chi connectivity index (χ2v) is 6.32. The molecule has 124 valence electrons. The maximum atomic E-state index is 12.2. The average molecular weight is 300 g/mol. The first-order valence-corrected chi connectivity index (χ1v) is 8.17. The minimum absolute atomic E-state index is 0.0415. The Morgan fingerprint density at radius 3 is 2.48 bits per heavy atom. The minimum atomic E-state index is -0.113. The molecule has 0 aliphatic heterocycles. The molecule has 0 bridgehead atoms. The summed E-state index contributed by atoms with van der Waals surface area (Å²) in [4.78, 5) is 12.2. The lowest BCUT2D eigenvalue weighted by Gasteiger charge is -2.59. The molecule has 0 spiro atoms. The summed E-state index contributed by atoms with van der Waals surface area (Å²) in [6.45, 7) is 8.59. The summed E-state index contributed by atoms with van der Waals surface area (Å²) in [6.07, 6.45) is 3.71. The van der Waals surface area contributed by atoms with E-state index in [2.05, 4.69) is 31.4 Å². The molecule has 21 heavy (non-hydrogen) atoms. The summed E-state index contributed by atoms with van der Waals surface area (Å²) >= 11 is 0. The Labute approximate surface area is 128 Å². The Hall–Kier alpha value is -0.810. The molecule has 0 aromatic heterocycles. The van der Waals surface area contributed by atoms with Gasteiger partial charge in [-0.25, -0.2) is 4.79 Å². The second kappa shape index (κ2) is 7.99. The zero-order chi connectivity index (χ0) is 16.0. The number of carbonyl (C=O) groups is 1. The van der Waals surface area contributed by atoms with Crippen molar-refractivity contribution < 1.29 is 14.6 Å². The van der Waals surface area contributed by atoms with E-state index >= 15 is 0 Å². The van der Waals surface area contributed by atoms with Gasteiger partial charge in [0.2, 0.25) is 0 Å². The molecule has 0 radical (unpaired) electrons. The molecule has 0 heterocycles. The van der Waals surface area contributed by atoms with Crippen molar-refractivity contribution in [3.05, 3.63) is 0 Å². The van der Waals surface area contributed by atoms with Crippen molar-refractivity contribution in [1.29, 1.82) is 0 Å². The Balaban J connectivity index is 2.58. The predicted molar refractivity (Wildman–Crippen MR) is 84.2 cm³/mol. The van der Waals surface area contributed by atoms with Crippen LogP contribution in [0, 0.1) is 11.3 Å². The standard InChI is InChI=1S/C16H32N2O3/c1-6-16(7-2)13(12(4)14(16)21-5)18-15(20)17-11(3)9-8-10-19/h11-14,19H,6-10H2,1-5H3,(H2,17,18,20). The smallest absolute Gasteiger partial charge is 0.315 e. The molecule has 1 saturated carbocycles. The molecular weight excluding hydrogens is 268 g/mol. The van der Waals surface area contributed by atoms with Gasteiger partial charge in [0.05, 0.1) is 6.10 Å². The van der Waals surface area contributed by atoms with Crippen LogP contribution in [0.3, 0.4) is 0 Å². The first kappa shape index (κ1) is 18.2. The molecule has 5 nitrogen and oxygen atoms in total. The molecule has 1 aliphatic rings. The molecule has 0 aromatic carbocycles. The highest BCUT2D eigenvalue weighted by molar-refractivity contribution is 5.75. The fraction of sp³-hybridized carbons (Fsp3) is 0.938. The van der Waals surface area contributed by atoms with Gasteiger partial charge in [0.1, 0.15) is 0 Å². The Kier molecular flexibility index (Phi) is 6.94. The Bertz CT molecular complexity index is 331. The zero-order valence-electron chi connectivity index (χ0n) is 14.1. The number of aliphatic hydroxyl groups excluding tert-OH is 1. The van der Waals surface area contributed by atoms with E-state index in [1.807, 2.05) is 6.92 Å². The van der Waals surface area contributed by atoms with Crippen LogP contribution in [-0.4, -0.2) is 43.0 Å². The van der Waals surface area contributed by atoms with Crippen LogP contribution in [0.25, 0.3) is 0 Å². The molecule has 1 fully saturated rings. The van der Waals surface area contributed by atoms with Gasteiger partial charge in [0.25, 0.3) is 0 Å². The first-order chi connectivity index (χ1) is 9.96. The maximum Gasteiger partial charge on any atom is 0.315 e. The maximum absolute atomic E-state index is 12.2. The van der Waals surface area contributed by atoms with Gasteiger partial charge in [-0.2, -0.15) is 0 Å². The number of hydrogen-bond donors (Lipinski definition) is 3. The van der Waals surface area contributed by atoms with Crippen molar-refractivity contribution >= 4 is 6.03 Å². The zero-order valence-corrected chi connectivity index (χ0v) is 14.1. The Morgan fingerprint density at radius 1 is 1.38 bits per heavy atom. The Morgan fingerprint density at radius 2 is 2.00 bits per heavy atom. The fourth-order valence-electron chi connectivity index (χ4n) is 3.97. The SMILES string of the molecule is CCC1(CC)C(NC(=O)NC(C)CCCO)C(C)C1OC. The van der Waals surface area contributed by atoms with Gasteiger partial charge in [0, 0.05) is 37.1 Å². The van der Waals surface area contributed by atoms with E-state index in [0.717, 1.165) is 19.3 Å². The molecule has 3 N–H and O–H groups in total. The number of urea groups is 1. The van der Waals surface area contributed by atoms with Crippen LogP contribution in [0.15, 0.2) is 0 Å². The van der Waals surface area contributed by atoms with Crippen molar-refractivity contribution in [2.45, 2.75) is 71.6 Å². The molecule has 5 heteroatoms. The van der Waals surface area contributed by atoms with Gasteiger partial charge in [-0.15, -0.1) is 0 Å². The topological polar surface area (TPSA) is 70.6 Å². The van der Waals surface area contributed by atoms with E-state index in [9.17, 15) is 4.79 Å². The highest BCUT2D eigenvalue weighted by Gasteiger charge is 2.58. The molecule has 4 atom stereocenters. The highest BCUT2D eigenvalue weighted by Crippen LogP contribution is 2.52. The van der Waals surface area contributed by atoms with Gasteiger partial charge >= 0.3 is 6.03 Å². The van der Waals surface area contributed by atoms with E-state index in [4.69, 9.17) is 9.84 Å². The first-order valence-electron chi connectivity index (χ1n) is 8.17. The summed E-state index contributed by atoms with van der Waals surface area (Å²) < 4.78 is 5.64. The summed E-state index contributed by atoms with van der Waals surface area (Å²) in [7, 11) is 1.76. The quantitative estimate of drug-likeness (QED) is 0.644. The number of rotatable bonds is 8. The molecule has 1 aliphatic carbocycles. The van der Waals surface area contributed by atoms with Crippen LogP contribution < -0.4 is 10.6 Å². The average Bonchev–Trinajstić information content (AvgIpc) is 2.47. The number of nitrogens with one attached hydrogen (secondary N) is 2. The van der Waals surface area contributed by atoms with E-state index in [0.29, 0.717) is 12.3 Å². The van der Waals surface area contributed by atoms with Crippen LogP contribution in [0.5, 0.6) is 0 Å². The van der Waals surface area contributed by atoms with Gasteiger partial charge in [-0.1, -0.05) is 20.8 Å². The molecular formula is C16H32N2O3. The van der Waals surface area contributed by atoms with E-state index < -0.39 is 0 Å². The van der Waals surface area contributed by atoms with E-state index in [-0.39, 0.29) is 36.2 Å². The van der Waals surface area contributed by atoms with Crippen molar-refractivity contribution in [1.82, 2.24) is 10.6 Å². The minimum Gasteiger partial charge on any atom is -0.396 e. The van der Waals surface area contributed by atoms with Crippen molar-refractivity contribution in [3.63, 3.8) is 0 Å². The summed E-state index contributed by atoms with van der Waals surface area (Å²) in [5, 5.41) is 14.9. The third kappa shape index (κ3) is 3.69. The third-order valence-corrected chi connectivity index (χ3v) is 5.22. The molecule has 0 saturated heterocycles. The second-order valence-electron chi connectivity index (χ2n) is 6.32. The van der Waals surface area contributed by atoms with Gasteiger partial charge in [-0.05, 0) is 32.6 Å². The van der Waals surface area contributed by atoms with Crippen molar-refractivity contribution in [2.75, 3.05) is 13.7 Å². The number of ether oxygens (including phenoxy) is 1. The number of methoxy groups -OCH3 is 1. The number of amides is 2. The third-order valence-electron chi connectivity index (χ3n) is 5.22. The lowest BCUT2D eigenvalue weighted by molar-refractivity contribution is -0.164. The highest BCUT2D eigenvalue weighted by atomic mass is 16.5. The van der Waals surface area contributed by atoms with Gasteiger partial charge < -0.3 is 20.5 Å². The van der Waals surface area contributed by atoms with Crippen molar-refractivity contribution in [2.24, 2.45) is 11.3 Å². The summed E-state index contributed by atoms with van der Waals surface area (Å²) in [5.41, 5.74) is 0.0415. The normalized spacial score (nSPS) is 28.6. The number of aliphatic hydroxyl groups is 1. The summed E-state index contributed by atoms with van der Waals surface area (Å²) in [6, 6.07) is 0.115. The molecule has 0 aromatic rings. The lowest BCUT2D eigenvalue weighted by atomic mass is 9.53. The van der Waals surface area contributed by atoms with Crippen LogP contribution in [-0.2, 0) is 4.74 Å². The van der Waals surface area contributed by atoms with Crippen LogP contribution in [0.4, 0.5) is 4.79 Å². The predicted octanol–water partition coefficient (Wildman–Crippen LogP) is 2.29. The molecule has 1 rings (SSSR count).